The molecule has 0 saturated carbocycles. The van der Waals surface area contributed by atoms with Crippen LogP contribution >= 0.6 is 0 Å². The standard InChI is InChI=1S/C18H19NO3/c1-12-10-18(20)19-16-9-8-15(11-17(16)21-12)22-13(2)14-6-4-3-5-7-14/h3-9,11-13H,10H2,1-2H3,(H,19,20)/t12-,13?/m1/s1. The zero-order valence-electron chi connectivity index (χ0n) is 12.7. The van der Waals surface area contributed by atoms with E-state index in [1.807, 2.05) is 62.4 Å². The van der Waals surface area contributed by atoms with E-state index in [0.29, 0.717) is 17.9 Å². The van der Waals surface area contributed by atoms with Crippen molar-refractivity contribution in [3.05, 3.63) is 54.1 Å². The van der Waals surface area contributed by atoms with Crippen molar-refractivity contribution in [2.24, 2.45) is 0 Å². The monoisotopic (exact) mass is 297 g/mol. The molecule has 0 aromatic heterocycles. The van der Waals surface area contributed by atoms with Gasteiger partial charge in [-0.1, -0.05) is 30.3 Å². The summed E-state index contributed by atoms with van der Waals surface area (Å²) < 4.78 is 11.8. The number of carbonyl (C=O) groups excluding carboxylic acids is 1. The zero-order chi connectivity index (χ0) is 15.5. The lowest BCUT2D eigenvalue weighted by Crippen LogP contribution is -2.17. The highest BCUT2D eigenvalue weighted by Crippen LogP contribution is 2.34. The topological polar surface area (TPSA) is 47.6 Å². The van der Waals surface area contributed by atoms with Gasteiger partial charge in [0.1, 0.15) is 23.7 Å². The molecule has 4 nitrogen and oxygen atoms in total. The van der Waals surface area contributed by atoms with Crippen molar-refractivity contribution < 1.29 is 14.3 Å². The van der Waals surface area contributed by atoms with Crippen LogP contribution in [0.5, 0.6) is 11.5 Å². The highest BCUT2D eigenvalue weighted by molar-refractivity contribution is 5.93. The number of rotatable bonds is 3. The van der Waals surface area contributed by atoms with E-state index in [2.05, 4.69) is 5.32 Å². The van der Waals surface area contributed by atoms with Gasteiger partial charge in [0.2, 0.25) is 5.91 Å². The second-order valence-electron chi connectivity index (χ2n) is 5.51. The second-order valence-corrected chi connectivity index (χ2v) is 5.51. The van der Waals surface area contributed by atoms with Crippen molar-refractivity contribution >= 4 is 11.6 Å². The Morgan fingerprint density at radius 3 is 2.77 bits per heavy atom. The largest absolute Gasteiger partial charge is 0.488 e. The molecule has 0 fully saturated rings. The van der Waals surface area contributed by atoms with Crippen molar-refractivity contribution in [3.63, 3.8) is 0 Å². The maximum Gasteiger partial charge on any atom is 0.228 e. The summed E-state index contributed by atoms with van der Waals surface area (Å²) in [4.78, 5) is 11.7. The van der Waals surface area contributed by atoms with E-state index in [1.54, 1.807) is 0 Å². The molecule has 22 heavy (non-hydrogen) atoms. The normalized spacial score (nSPS) is 18.5. The summed E-state index contributed by atoms with van der Waals surface area (Å²) in [6, 6.07) is 15.5. The minimum atomic E-state index is -0.150. The minimum absolute atomic E-state index is 0.0300. The number of hydrogen-bond donors (Lipinski definition) is 1. The van der Waals surface area contributed by atoms with Gasteiger partial charge in [-0.25, -0.2) is 0 Å². The van der Waals surface area contributed by atoms with Crippen LogP contribution in [0.25, 0.3) is 0 Å². The summed E-state index contributed by atoms with van der Waals surface area (Å²) in [5.74, 6) is 1.34. The molecule has 0 spiro atoms. The molecule has 0 bridgehead atoms. The number of nitrogens with one attached hydrogen (secondary N) is 1. The predicted molar refractivity (Wildman–Crippen MR) is 85.3 cm³/mol. The Balaban J connectivity index is 1.80. The van der Waals surface area contributed by atoms with Crippen molar-refractivity contribution in [2.45, 2.75) is 32.5 Å². The van der Waals surface area contributed by atoms with Gasteiger partial charge in [0.05, 0.1) is 12.1 Å². The Labute approximate surface area is 130 Å². The minimum Gasteiger partial charge on any atom is -0.488 e. The van der Waals surface area contributed by atoms with Crippen LogP contribution in [-0.2, 0) is 4.79 Å². The third kappa shape index (κ3) is 3.22. The molecule has 1 unspecified atom stereocenters. The molecule has 0 saturated heterocycles. The van der Waals surface area contributed by atoms with E-state index in [-0.39, 0.29) is 18.1 Å². The van der Waals surface area contributed by atoms with Crippen molar-refractivity contribution in [1.82, 2.24) is 0 Å². The van der Waals surface area contributed by atoms with Gasteiger partial charge >= 0.3 is 0 Å². The summed E-state index contributed by atoms with van der Waals surface area (Å²) in [7, 11) is 0. The van der Waals surface area contributed by atoms with Crippen molar-refractivity contribution in [2.75, 3.05) is 5.32 Å². The first kappa shape index (κ1) is 14.4. The molecular weight excluding hydrogens is 278 g/mol. The Morgan fingerprint density at radius 1 is 1.23 bits per heavy atom. The Hall–Kier alpha value is -2.49. The highest BCUT2D eigenvalue weighted by Gasteiger charge is 2.20. The molecule has 1 aliphatic heterocycles. The molecular formula is C18H19NO3. The molecule has 2 aromatic rings. The van der Waals surface area contributed by atoms with Gasteiger partial charge in [-0.15, -0.1) is 0 Å². The number of carbonyl (C=O) groups is 1. The molecule has 0 aliphatic carbocycles. The Morgan fingerprint density at radius 2 is 2.00 bits per heavy atom. The number of anilines is 1. The molecule has 0 radical (unpaired) electrons. The SMILES string of the molecule is CC(Oc1ccc2c(c1)O[C@H](C)CC(=O)N2)c1ccccc1. The molecule has 4 heteroatoms. The van der Waals surface area contributed by atoms with Crippen LogP contribution in [0.2, 0.25) is 0 Å². The first-order valence-corrected chi connectivity index (χ1v) is 7.44. The number of benzene rings is 2. The van der Waals surface area contributed by atoms with Crippen molar-refractivity contribution in [1.29, 1.82) is 0 Å². The average Bonchev–Trinajstić information content (AvgIpc) is 2.64. The Kier molecular flexibility index (Phi) is 4.00. The van der Waals surface area contributed by atoms with Crippen LogP contribution in [0.1, 0.15) is 31.9 Å². The fraction of sp³-hybridized carbons (Fsp3) is 0.278. The molecule has 3 rings (SSSR count). The summed E-state index contributed by atoms with van der Waals surface area (Å²) >= 11 is 0. The summed E-state index contributed by atoms with van der Waals surface area (Å²) in [5.41, 5.74) is 1.80. The number of hydrogen-bond acceptors (Lipinski definition) is 3. The maximum atomic E-state index is 11.7. The van der Waals surface area contributed by atoms with E-state index in [1.165, 1.54) is 0 Å². The lowest BCUT2D eigenvalue weighted by Gasteiger charge is -2.17. The van der Waals surface area contributed by atoms with Crippen LogP contribution in [0.3, 0.4) is 0 Å². The lowest BCUT2D eigenvalue weighted by atomic mass is 10.1. The Bertz CT molecular complexity index is 669. The van der Waals surface area contributed by atoms with Crippen LogP contribution in [0.15, 0.2) is 48.5 Å². The van der Waals surface area contributed by atoms with Gasteiger partial charge in [-0.2, -0.15) is 0 Å². The van der Waals surface area contributed by atoms with Gasteiger partial charge in [-0.3, -0.25) is 4.79 Å². The van der Waals surface area contributed by atoms with Crippen LogP contribution < -0.4 is 14.8 Å². The second kappa shape index (κ2) is 6.10. The van der Waals surface area contributed by atoms with Crippen LogP contribution in [0, 0.1) is 0 Å². The van der Waals surface area contributed by atoms with E-state index in [9.17, 15) is 4.79 Å². The summed E-state index contributed by atoms with van der Waals surface area (Å²) in [6.07, 6.45) is 0.144. The van der Waals surface area contributed by atoms with Crippen LogP contribution in [0.4, 0.5) is 5.69 Å². The quantitative estimate of drug-likeness (QED) is 0.933. The van der Waals surface area contributed by atoms with Crippen molar-refractivity contribution in [3.8, 4) is 11.5 Å². The first-order valence-electron chi connectivity index (χ1n) is 7.44. The van der Waals surface area contributed by atoms with Gasteiger partial charge in [0.25, 0.3) is 0 Å². The van der Waals surface area contributed by atoms with Gasteiger partial charge < -0.3 is 14.8 Å². The zero-order valence-corrected chi connectivity index (χ0v) is 12.7. The molecule has 1 N–H and O–H groups in total. The lowest BCUT2D eigenvalue weighted by molar-refractivity contribution is -0.117. The molecule has 114 valence electrons. The fourth-order valence-corrected chi connectivity index (χ4v) is 2.49. The van der Waals surface area contributed by atoms with E-state index >= 15 is 0 Å². The fourth-order valence-electron chi connectivity index (χ4n) is 2.49. The number of ether oxygens (including phenoxy) is 2. The number of amides is 1. The highest BCUT2D eigenvalue weighted by atomic mass is 16.5. The molecule has 1 aliphatic rings. The third-order valence-corrected chi connectivity index (χ3v) is 3.61. The molecule has 2 aromatic carbocycles. The maximum absolute atomic E-state index is 11.7. The molecule has 1 heterocycles. The van der Waals surface area contributed by atoms with Crippen LogP contribution in [-0.4, -0.2) is 12.0 Å². The third-order valence-electron chi connectivity index (χ3n) is 3.61. The molecule has 2 atom stereocenters. The smallest absolute Gasteiger partial charge is 0.228 e. The summed E-state index contributed by atoms with van der Waals surface area (Å²) in [6.45, 7) is 3.89. The first-order chi connectivity index (χ1) is 10.6. The average molecular weight is 297 g/mol. The van der Waals surface area contributed by atoms with E-state index in [0.717, 1.165) is 11.3 Å². The molecule has 1 amide bonds. The van der Waals surface area contributed by atoms with Gasteiger partial charge in [-0.05, 0) is 31.5 Å². The van der Waals surface area contributed by atoms with E-state index in [4.69, 9.17) is 9.47 Å². The van der Waals surface area contributed by atoms with Gasteiger partial charge in [0, 0.05) is 6.07 Å². The van der Waals surface area contributed by atoms with Gasteiger partial charge in [0.15, 0.2) is 0 Å². The van der Waals surface area contributed by atoms with E-state index < -0.39 is 0 Å². The number of fused-ring (bicyclic) bond motifs is 1. The predicted octanol–water partition coefficient (Wildman–Crippen LogP) is 3.94. The summed E-state index contributed by atoms with van der Waals surface area (Å²) in [5, 5.41) is 2.85.